The number of hydrogen-bond donors (Lipinski definition) is 4. The Morgan fingerprint density at radius 3 is 2.09 bits per heavy atom. The van der Waals surface area contributed by atoms with Crippen LogP contribution in [0, 0.1) is 5.92 Å². The fourth-order valence-electron chi connectivity index (χ4n) is 2.76. The Balaban J connectivity index is 2.83. The van der Waals surface area contributed by atoms with Gasteiger partial charge < -0.3 is 26.0 Å². The average Bonchev–Trinajstić information content (AvgIpc) is 2.77. The first kappa shape index (κ1) is 26.7. The molecular weight excluding hydrogens is 415 g/mol. The summed E-state index contributed by atoms with van der Waals surface area (Å²) in [4.78, 5) is 60.5. The number of amides is 4. The summed E-state index contributed by atoms with van der Waals surface area (Å²) in [7, 11) is 2.02. The van der Waals surface area contributed by atoms with E-state index in [1.54, 1.807) is 26.0 Å². The normalized spacial score (nSPS) is 12.2. The van der Waals surface area contributed by atoms with E-state index in [0.717, 1.165) is 12.7 Å². The summed E-state index contributed by atoms with van der Waals surface area (Å²) in [5.74, 6) is -2.26. The second-order valence-electron chi connectivity index (χ2n) is 7.55. The van der Waals surface area contributed by atoms with Gasteiger partial charge >= 0.3 is 6.09 Å². The maximum absolute atomic E-state index is 12.7. The molecule has 0 spiro atoms. The Hall–Kier alpha value is -3.37. The number of hydrogen-bond acceptors (Lipinski definition) is 6. The molecule has 0 aromatic heterocycles. The van der Waals surface area contributed by atoms with E-state index in [-0.39, 0.29) is 24.8 Å². The van der Waals surface area contributed by atoms with Gasteiger partial charge in [0.05, 0.1) is 13.7 Å². The van der Waals surface area contributed by atoms with Crippen molar-refractivity contribution in [1.82, 2.24) is 21.3 Å². The standard InChI is InChI=1S/C21H31BN4O6/c1-12(2)18(26-21(31)32-5)20(30)25-16(10-23-13(3)27)19(29)24-11-17(28)14-6-8-15(22-4)9-7-14/h6-9,12,16,18,22H,10-11H2,1-5H3,(H,23,27)(H,24,29)(H,25,30)(H,26,31)/t16-,18-/m0/s1. The Bertz CT molecular complexity index is 828. The summed E-state index contributed by atoms with van der Waals surface area (Å²) < 4.78 is 4.53. The lowest BCUT2D eigenvalue weighted by molar-refractivity contribution is -0.130. The molecule has 0 saturated heterocycles. The molecule has 0 aliphatic rings. The van der Waals surface area contributed by atoms with Crippen LogP contribution < -0.4 is 26.7 Å². The minimum atomic E-state index is -1.15. The number of ketones is 1. The third-order valence-electron chi connectivity index (χ3n) is 4.70. The zero-order chi connectivity index (χ0) is 24.3. The minimum absolute atomic E-state index is 0.185. The van der Waals surface area contributed by atoms with Crippen molar-refractivity contribution in [2.45, 2.75) is 39.7 Å². The van der Waals surface area contributed by atoms with Gasteiger partial charge in [0.15, 0.2) is 13.1 Å². The van der Waals surface area contributed by atoms with Crippen LogP contribution >= 0.6 is 0 Å². The maximum Gasteiger partial charge on any atom is 0.407 e. The first-order valence-corrected chi connectivity index (χ1v) is 10.4. The summed E-state index contributed by atoms with van der Waals surface area (Å²) in [5, 5.41) is 9.89. The molecule has 0 heterocycles. The predicted molar refractivity (Wildman–Crippen MR) is 121 cm³/mol. The zero-order valence-corrected chi connectivity index (χ0v) is 19.1. The van der Waals surface area contributed by atoms with E-state index in [4.69, 9.17) is 0 Å². The van der Waals surface area contributed by atoms with Gasteiger partial charge in [-0.25, -0.2) is 4.79 Å². The third kappa shape index (κ3) is 8.79. The quantitative estimate of drug-likeness (QED) is 0.256. The first-order valence-electron chi connectivity index (χ1n) is 10.4. The van der Waals surface area contributed by atoms with Crippen molar-refractivity contribution >= 4 is 42.3 Å². The van der Waals surface area contributed by atoms with Crippen LogP contribution in [0.2, 0.25) is 6.82 Å². The molecule has 4 amide bonds. The number of carbonyl (C=O) groups is 5. The largest absolute Gasteiger partial charge is 0.453 e. The molecule has 2 atom stereocenters. The molecule has 1 aromatic carbocycles. The van der Waals surface area contributed by atoms with Gasteiger partial charge in [-0.05, 0) is 5.92 Å². The second kappa shape index (κ2) is 13.1. The number of methoxy groups -OCH3 is 1. The number of benzene rings is 1. The van der Waals surface area contributed by atoms with Crippen LogP contribution in [-0.2, 0) is 19.1 Å². The second-order valence-corrected chi connectivity index (χ2v) is 7.55. The highest BCUT2D eigenvalue weighted by Gasteiger charge is 2.29. The molecule has 32 heavy (non-hydrogen) atoms. The summed E-state index contributed by atoms with van der Waals surface area (Å²) in [5.41, 5.74) is 1.54. The Morgan fingerprint density at radius 2 is 1.59 bits per heavy atom. The van der Waals surface area contributed by atoms with E-state index >= 15 is 0 Å². The summed E-state index contributed by atoms with van der Waals surface area (Å²) in [6, 6.07) is 4.95. The van der Waals surface area contributed by atoms with Crippen LogP contribution in [0.1, 0.15) is 31.1 Å². The van der Waals surface area contributed by atoms with E-state index in [2.05, 4.69) is 26.0 Å². The van der Waals surface area contributed by atoms with Gasteiger partial charge in [0.25, 0.3) is 0 Å². The molecule has 0 radical (unpaired) electrons. The van der Waals surface area contributed by atoms with Gasteiger partial charge in [0.2, 0.25) is 17.7 Å². The molecule has 174 valence electrons. The van der Waals surface area contributed by atoms with E-state index < -0.39 is 35.9 Å². The fourth-order valence-corrected chi connectivity index (χ4v) is 2.76. The van der Waals surface area contributed by atoms with Crippen molar-refractivity contribution in [1.29, 1.82) is 0 Å². The Morgan fingerprint density at radius 1 is 0.969 bits per heavy atom. The highest BCUT2D eigenvalue weighted by Crippen LogP contribution is 2.03. The van der Waals surface area contributed by atoms with Crippen molar-refractivity contribution in [3.63, 3.8) is 0 Å². The van der Waals surface area contributed by atoms with E-state index in [9.17, 15) is 24.0 Å². The highest BCUT2D eigenvalue weighted by atomic mass is 16.5. The molecule has 0 bridgehead atoms. The topological polar surface area (TPSA) is 143 Å². The van der Waals surface area contributed by atoms with Crippen molar-refractivity contribution in [2.75, 3.05) is 20.2 Å². The predicted octanol–water partition coefficient (Wildman–Crippen LogP) is -0.903. The van der Waals surface area contributed by atoms with Gasteiger partial charge in [-0.2, -0.15) is 0 Å². The molecule has 1 rings (SSSR count). The Labute approximate surface area is 188 Å². The van der Waals surface area contributed by atoms with Crippen LogP contribution in [0.25, 0.3) is 0 Å². The van der Waals surface area contributed by atoms with Gasteiger partial charge in [-0.1, -0.05) is 50.4 Å². The summed E-state index contributed by atoms with van der Waals surface area (Å²) >= 11 is 0. The fraction of sp³-hybridized carbons (Fsp3) is 0.476. The molecular formula is C21H31BN4O6. The van der Waals surface area contributed by atoms with E-state index in [0.29, 0.717) is 5.56 Å². The summed E-state index contributed by atoms with van der Waals surface area (Å²) in [6.45, 7) is 6.25. The first-order chi connectivity index (χ1) is 15.1. The molecule has 4 N–H and O–H groups in total. The summed E-state index contributed by atoms with van der Waals surface area (Å²) in [6.07, 6.45) is -0.790. The molecule has 0 saturated carbocycles. The molecule has 0 unspecified atom stereocenters. The lowest BCUT2D eigenvalue weighted by Gasteiger charge is -2.24. The zero-order valence-electron chi connectivity index (χ0n) is 19.1. The van der Waals surface area contributed by atoms with Gasteiger partial charge in [-0.15, -0.1) is 0 Å². The molecule has 0 aliphatic heterocycles. The van der Waals surface area contributed by atoms with Gasteiger partial charge in [-0.3, -0.25) is 19.2 Å². The monoisotopic (exact) mass is 446 g/mol. The lowest BCUT2D eigenvalue weighted by Crippen LogP contribution is -2.58. The maximum atomic E-state index is 12.7. The van der Waals surface area contributed by atoms with Crippen molar-refractivity contribution in [2.24, 2.45) is 5.92 Å². The number of rotatable bonds is 11. The molecule has 0 aliphatic carbocycles. The van der Waals surface area contributed by atoms with E-state index in [1.165, 1.54) is 14.0 Å². The van der Waals surface area contributed by atoms with E-state index in [1.807, 2.05) is 19.0 Å². The van der Waals surface area contributed by atoms with Gasteiger partial charge in [0, 0.05) is 19.0 Å². The highest BCUT2D eigenvalue weighted by molar-refractivity contribution is 6.51. The molecule has 1 aromatic rings. The number of alkyl carbamates (subject to hydrolysis) is 1. The van der Waals surface area contributed by atoms with Crippen LogP contribution in [0.5, 0.6) is 0 Å². The Kier molecular flexibility index (Phi) is 10.9. The molecule has 0 fully saturated rings. The van der Waals surface area contributed by atoms with Crippen LogP contribution in [0.15, 0.2) is 24.3 Å². The SMILES string of the molecule is CBc1ccc(C(=O)CNC(=O)[C@H](CNC(C)=O)NC(=O)[C@@H](NC(=O)OC)C(C)C)cc1. The van der Waals surface area contributed by atoms with Crippen LogP contribution in [0.4, 0.5) is 4.79 Å². The van der Waals surface area contributed by atoms with Crippen molar-refractivity contribution < 1.29 is 28.7 Å². The average molecular weight is 446 g/mol. The molecule has 10 nitrogen and oxygen atoms in total. The minimum Gasteiger partial charge on any atom is -0.453 e. The number of carbonyl (C=O) groups excluding carboxylic acids is 5. The number of nitrogens with one attached hydrogen (secondary N) is 4. The number of ether oxygens (including phenoxy) is 1. The van der Waals surface area contributed by atoms with Crippen molar-refractivity contribution in [3.8, 4) is 0 Å². The smallest absolute Gasteiger partial charge is 0.407 e. The van der Waals surface area contributed by atoms with Crippen molar-refractivity contribution in [3.05, 3.63) is 29.8 Å². The van der Waals surface area contributed by atoms with Gasteiger partial charge in [0.1, 0.15) is 12.1 Å². The molecule has 11 heteroatoms. The lowest BCUT2D eigenvalue weighted by atomic mass is 9.73. The number of Topliss-reactive ketones (excluding diaryl/α,β-unsaturated/α-hetero) is 1. The van der Waals surface area contributed by atoms with Crippen LogP contribution in [-0.4, -0.2) is 69.2 Å². The van der Waals surface area contributed by atoms with Crippen LogP contribution in [0.3, 0.4) is 0 Å². The third-order valence-corrected chi connectivity index (χ3v) is 4.70.